The maximum atomic E-state index is 12.2. The second-order valence-corrected chi connectivity index (χ2v) is 5.99. The van der Waals surface area contributed by atoms with Crippen LogP contribution in [0, 0.1) is 0 Å². The quantitative estimate of drug-likeness (QED) is 0.716. The zero-order chi connectivity index (χ0) is 15.9. The highest BCUT2D eigenvalue weighted by Gasteiger charge is 2.15. The lowest BCUT2D eigenvalue weighted by atomic mass is 10.2. The summed E-state index contributed by atoms with van der Waals surface area (Å²) in [6.07, 6.45) is 2.33. The summed E-state index contributed by atoms with van der Waals surface area (Å²) in [7, 11) is 0. The largest absolute Gasteiger partial charge is 0.489 e. The Labute approximate surface area is 138 Å². The van der Waals surface area contributed by atoms with Crippen LogP contribution in [0.15, 0.2) is 64.6 Å². The number of ether oxygens (including phenoxy) is 1. The molecule has 2 aromatic heterocycles. The number of amides is 1. The second kappa shape index (κ2) is 7.65. The molecule has 0 saturated heterocycles. The fourth-order valence-electron chi connectivity index (χ4n) is 2.16. The summed E-state index contributed by atoms with van der Waals surface area (Å²) in [5.41, 5.74) is 0.738. The Morgan fingerprint density at radius 3 is 2.78 bits per heavy atom. The van der Waals surface area contributed by atoms with Gasteiger partial charge in [0, 0.05) is 17.0 Å². The van der Waals surface area contributed by atoms with E-state index in [1.54, 1.807) is 17.4 Å². The number of thiophene rings is 1. The van der Waals surface area contributed by atoms with Crippen molar-refractivity contribution in [2.75, 3.05) is 6.54 Å². The number of hydrogen-bond donors (Lipinski definition) is 1. The van der Waals surface area contributed by atoms with Crippen molar-refractivity contribution in [1.82, 2.24) is 5.32 Å². The first-order valence-electron chi connectivity index (χ1n) is 7.38. The Morgan fingerprint density at radius 2 is 2.00 bits per heavy atom. The van der Waals surface area contributed by atoms with Gasteiger partial charge in [0.1, 0.15) is 12.4 Å². The smallest absolute Gasteiger partial charge is 0.287 e. The maximum absolute atomic E-state index is 12.2. The van der Waals surface area contributed by atoms with Crippen LogP contribution in [0.2, 0.25) is 0 Å². The highest BCUT2D eigenvalue weighted by Crippen LogP contribution is 2.16. The van der Waals surface area contributed by atoms with Crippen LogP contribution in [-0.4, -0.2) is 12.5 Å². The van der Waals surface area contributed by atoms with Crippen LogP contribution in [0.25, 0.3) is 0 Å². The Bertz CT molecular complexity index is 735. The van der Waals surface area contributed by atoms with Crippen molar-refractivity contribution < 1.29 is 13.9 Å². The van der Waals surface area contributed by atoms with E-state index in [1.807, 2.05) is 41.8 Å². The molecule has 4 nitrogen and oxygen atoms in total. The summed E-state index contributed by atoms with van der Waals surface area (Å²) in [5.74, 6) is 0.864. The molecule has 5 heteroatoms. The Morgan fingerprint density at radius 1 is 1.13 bits per heavy atom. The van der Waals surface area contributed by atoms with Gasteiger partial charge >= 0.3 is 0 Å². The summed E-state index contributed by atoms with van der Waals surface area (Å²) >= 11 is 1.69. The maximum Gasteiger partial charge on any atom is 0.287 e. The molecule has 0 fully saturated rings. The fraction of sp³-hybridized carbons (Fsp3) is 0.167. The molecule has 0 aliphatic carbocycles. The van der Waals surface area contributed by atoms with E-state index in [0.29, 0.717) is 18.9 Å². The van der Waals surface area contributed by atoms with Crippen LogP contribution in [-0.2, 0) is 13.0 Å². The third kappa shape index (κ3) is 4.23. The van der Waals surface area contributed by atoms with Gasteiger partial charge in [0.05, 0.1) is 6.26 Å². The molecule has 0 unspecified atom stereocenters. The molecule has 0 aliphatic heterocycles. The molecule has 0 aliphatic rings. The molecule has 118 valence electrons. The minimum atomic E-state index is -0.210. The molecule has 0 bridgehead atoms. The first-order valence-corrected chi connectivity index (χ1v) is 8.25. The van der Waals surface area contributed by atoms with Crippen LogP contribution >= 0.6 is 11.3 Å². The van der Waals surface area contributed by atoms with Gasteiger partial charge in [0.15, 0.2) is 5.76 Å². The number of para-hydroxylation sites is 1. The number of benzene rings is 1. The van der Waals surface area contributed by atoms with Gasteiger partial charge in [-0.25, -0.2) is 0 Å². The summed E-state index contributed by atoms with van der Waals surface area (Å²) in [6, 6.07) is 15.3. The van der Waals surface area contributed by atoms with Crippen LogP contribution in [0.4, 0.5) is 0 Å². The van der Waals surface area contributed by atoms with Crippen molar-refractivity contribution in [3.8, 4) is 5.75 Å². The molecular weight excluding hydrogens is 310 g/mol. The van der Waals surface area contributed by atoms with Crippen molar-refractivity contribution in [3.05, 3.63) is 76.4 Å². The van der Waals surface area contributed by atoms with E-state index in [4.69, 9.17) is 9.15 Å². The molecule has 0 saturated carbocycles. The molecule has 23 heavy (non-hydrogen) atoms. The second-order valence-electron chi connectivity index (χ2n) is 4.96. The van der Waals surface area contributed by atoms with Crippen molar-refractivity contribution in [1.29, 1.82) is 0 Å². The average Bonchev–Trinajstić information content (AvgIpc) is 3.25. The van der Waals surface area contributed by atoms with Crippen molar-refractivity contribution in [2.24, 2.45) is 0 Å². The normalized spacial score (nSPS) is 10.4. The minimum Gasteiger partial charge on any atom is -0.489 e. The average molecular weight is 327 g/mol. The lowest BCUT2D eigenvalue weighted by Crippen LogP contribution is -2.26. The van der Waals surface area contributed by atoms with Gasteiger partial charge in [-0.3, -0.25) is 4.79 Å². The summed E-state index contributed by atoms with van der Waals surface area (Å²) in [5, 5.41) is 4.91. The number of hydrogen-bond acceptors (Lipinski definition) is 4. The van der Waals surface area contributed by atoms with Gasteiger partial charge < -0.3 is 14.5 Å². The van der Waals surface area contributed by atoms with Gasteiger partial charge in [-0.15, -0.1) is 11.3 Å². The van der Waals surface area contributed by atoms with Gasteiger partial charge in [0.2, 0.25) is 0 Å². The highest BCUT2D eigenvalue weighted by atomic mass is 32.1. The molecule has 3 aromatic rings. The van der Waals surface area contributed by atoms with Crippen LogP contribution in [0.3, 0.4) is 0 Å². The monoisotopic (exact) mass is 327 g/mol. The number of furan rings is 1. The van der Waals surface area contributed by atoms with E-state index >= 15 is 0 Å². The molecule has 2 heterocycles. The molecular formula is C18H17NO3S. The lowest BCUT2D eigenvalue weighted by Gasteiger charge is -2.07. The molecule has 3 rings (SSSR count). The zero-order valence-corrected chi connectivity index (χ0v) is 13.3. The molecule has 1 amide bonds. The zero-order valence-electron chi connectivity index (χ0n) is 12.5. The van der Waals surface area contributed by atoms with Crippen molar-refractivity contribution in [3.63, 3.8) is 0 Å². The SMILES string of the molecule is O=C(NCCc1cccs1)c1occc1COc1ccccc1. The van der Waals surface area contributed by atoms with Gasteiger partial charge in [-0.1, -0.05) is 24.3 Å². The number of nitrogens with one attached hydrogen (secondary N) is 1. The highest BCUT2D eigenvalue weighted by molar-refractivity contribution is 7.09. The predicted molar refractivity (Wildman–Crippen MR) is 89.8 cm³/mol. The van der Waals surface area contributed by atoms with E-state index in [0.717, 1.165) is 17.7 Å². The first-order chi connectivity index (χ1) is 11.3. The lowest BCUT2D eigenvalue weighted by molar-refractivity contribution is 0.0923. The fourth-order valence-corrected chi connectivity index (χ4v) is 2.87. The van der Waals surface area contributed by atoms with Crippen molar-refractivity contribution >= 4 is 17.2 Å². The Balaban J connectivity index is 1.53. The van der Waals surface area contributed by atoms with Crippen LogP contribution in [0.1, 0.15) is 21.0 Å². The molecule has 0 spiro atoms. The van der Waals surface area contributed by atoms with E-state index in [9.17, 15) is 4.79 Å². The molecule has 1 N–H and O–H groups in total. The van der Waals surface area contributed by atoms with E-state index < -0.39 is 0 Å². The summed E-state index contributed by atoms with van der Waals surface area (Å²) in [6.45, 7) is 0.882. The molecule has 0 radical (unpaired) electrons. The van der Waals surface area contributed by atoms with Gasteiger partial charge in [0.25, 0.3) is 5.91 Å². The van der Waals surface area contributed by atoms with Crippen LogP contribution in [0.5, 0.6) is 5.75 Å². The summed E-state index contributed by atoms with van der Waals surface area (Å²) in [4.78, 5) is 13.5. The third-order valence-electron chi connectivity index (χ3n) is 3.33. The Hall–Kier alpha value is -2.53. The van der Waals surface area contributed by atoms with Gasteiger partial charge in [-0.05, 0) is 36.1 Å². The van der Waals surface area contributed by atoms with Crippen LogP contribution < -0.4 is 10.1 Å². The molecule has 0 atom stereocenters. The van der Waals surface area contributed by atoms with E-state index in [-0.39, 0.29) is 5.91 Å². The Kier molecular flexibility index (Phi) is 5.11. The standard InChI is InChI=1S/C18H17NO3S/c20-18(19-10-8-16-7-4-12-23-16)17-14(9-11-21-17)13-22-15-5-2-1-3-6-15/h1-7,9,11-12H,8,10,13H2,(H,19,20). The molecule has 1 aromatic carbocycles. The third-order valence-corrected chi connectivity index (χ3v) is 4.26. The van der Waals surface area contributed by atoms with Gasteiger partial charge in [-0.2, -0.15) is 0 Å². The minimum absolute atomic E-state index is 0.210. The van der Waals surface area contributed by atoms with E-state index in [2.05, 4.69) is 11.4 Å². The number of carbonyl (C=O) groups is 1. The topological polar surface area (TPSA) is 51.5 Å². The number of carbonyl (C=O) groups excluding carboxylic acids is 1. The van der Waals surface area contributed by atoms with Crippen molar-refractivity contribution in [2.45, 2.75) is 13.0 Å². The first kappa shape index (κ1) is 15.4. The number of rotatable bonds is 7. The van der Waals surface area contributed by atoms with E-state index in [1.165, 1.54) is 11.1 Å². The predicted octanol–water partition coefficient (Wildman–Crippen LogP) is 3.89. The summed E-state index contributed by atoms with van der Waals surface area (Å²) < 4.78 is 11.0.